The van der Waals surface area contributed by atoms with E-state index in [2.05, 4.69) is 0 Å². The zero-order chi connectivity index (χ0) is 6.69. The average Bonchev–Trinajstić information content (AvgIpc) is 2.15. The van der Waals surface area contributed by atoms with E-state index >= 15 is 0 Å². The van der Waals surface area contributed by atoms with Crippen LogP contribution in [0.5, 0.6) is 0 Å². The highest BCUT2D eigenvalue weighted by Crippen LogP contribution is 2.17. The lowest BCUT2D eigenvalue weighted by Gasteiger charge is -2.08. The van der Waals surface area contributed by atoms with Gasteiger partial charge in [-0.2, -0.15) is 0 Å². The smallest absolute Gasteiger partial charge is 0.0515 e. The average molecular weight is 130 g/mol. The lowest BCUT2D eigenvalue weighted by atomic mass is 10.0. The molecule has 0 radical (unpaired) electrons. The normalized spacial score (nSPS) is 30.7. The molecule has 0 saturated carbocycles. The number of ether oxygens (including phenoxy) is 1. The Balaban J connectivity index is 2.11. The quantitative estimate of drug-likeness (QED) is 0.599. The fourth-order valence-electron chi connectivity index (χ4n) is 1.25. The van der Waals surface area contributed by atoms with Crippen LogP contribution in [0.3, 0.4) is 0 Å². The molecule has 0 bridgehead atoms. The minimum Gasteiger partial charge on any atom is -0.393 e. The number of aliphatic hydroxyl groups excluding tert-OH is 1. The van der Waals surface area contributed by atoms with Gasteiger partial charge < -0.3 is 9.84 Å². The van der Waals surface area contributed by atoms with Crippen LogP contribution in [-0.4, -0.2) is 24.4 Å². The lowest BCUT2D eigenvalue weighted by molar-refractivity contribution is 0.141. The molecule has 0 aromatic rings. The van der Waals surface area contributed by atoms with Crippen molar-refractivity contribution in [1.82, 2.24) is 0 Å². The molecule has 0 aromatic carbocycles. The van der Waals surface area contributed by atoms with Gasteiger partial charge in [0, 0.05) is 13.2 Å². The molecule has 1 heterocycles. The Morgan fingerprint density at radius 2 is 2.56 bits per heavy atom. The summed E-state index contributed by atoms with van der Waals surface area (Å²) in [4.78, 5) is 0. The summed E-state index contributed by atoms with van der Waals surface area (Å²) in [7, 11) is 0. The van der Waals surface area contributed by atoms with Crippen molar-refractivity contribution in [3.8, 4) is 0 Å². The van der Waals surface area contributed by atoms with Crippen LogP contribution in [0.25, 0.3) is 0 Å². The maximum atomic E-state index is 8.96. The van der Waals surface area contributed by atoms with Crippen LogP contribution >= 0.6 is 0 Å². The van der Waals surface area contributed by atoms with E-state index in [1.165, 1.54) is 0 Å². The first-order chi connectivity index (χ1) is 4.29. The molecule has 0 spiro atoms. The zero-order valence-corrected chi connectivity index (χ0v) is 5.84. The van der Waals surface area contributed by atoms with E-state index in [0.717, 1.165) is 26.1 Å². The van der Waals surface area contributed by atoms with Gasteiger partial charge in [0.05, 0.1) is 6.10 Å². The topological polar surface area (TPSA) is 29.5 Å². The molecule has 1 rings (SSSR count). The number of hydrogen-bond donors (Lipinski definition) is 1. The predicted molar refractivity (Wildman–Crippen MR) is 35.2 cm³/mol. The van der Waals surface area contributed by atoms with Gasteiger partial charge in [0.15, 0.2) is 0 Å². The largest absolute Gasteiger partial charge is 0.393 e. The number of aliphatic hydroxyl groups is 1. The Bertz CT molecular complexity index is 75.0. The first-order valence-electron chi connectivity index (χ1n) is 3.55. The van der Waals surface area contributed by atoms with Crippen LogP contribution in [0.15, 0.2) is 0 Å². The van der Waals surface area contributed by atoms with Crippen LogP contribution in [0, 0.1) is 5.92 Å². The van der Waals surface area contributed by atoms with Gasteiger partial charge >= 0.3 is 0 Å². The fourth-order valence-corrected chi connectivity index (χ4v) is 1.25. The highest BCUT2D eigenvalue weighted by Gasteiger charge is 2.16. The third-order valence-corrected chi connectivity index (χ3v) is 1.70. The van der Waals surface area contributed by atoms with Gasteiger partial charge in [0.1, 0.15) is 0 Å². The molecule has 2 nitrogen and oxygen atoms in total. The second-order valence-corrected chi connectivity index (χ2v) is 2.81. The Kier molecular flexibility index (Phi) is 2.49. The van der Waals surface area contributed by atoms with Crippen LogP contribution in [-0.2, 0) is 4.74 Å². The van der Waals surface area contributed by atoms with Crippen molar-refractivity contribution in [3.63, 3.8) is 0 Å². The number of rotatable bonds is 2. The summed E-state index contributed by atoms with van der Waals surface area (Å²) in [6.45, 7) is 3.57. The molecule has 1 N–H and O–H groups in total. The van der Waals surface area contributed by atoms with Crippen LogP contribution in [0.1, 0.15) is 19.8 Å². The minimum atomic E-state index is -0.156. The molecule has 0 aliphatic carbocycles. The fraction of sp³-hybridized carbons (Fsp3) is 1.00. The van der Waals surface area contributed by atoms with Crippen molar-refractivity contribution < 1.29 is 9.84 Å². The summed E-state index contributed by atoms with van der Waals surface area (Å²) in [5.74, 6) is 0.616. The third-order valence-electron chi connectivity index (χ3n) is 1.70. The second-order valence-electron chi connectivity index (χ2n) is 2.81. The van der Waals surface area contributed by atoms with Crippen LogP contribution < -0.4 is 0 Å². The molecule has 54 valence electrons. The summed E-state index contributed by atoms with van der Waals surface area (Å²) < 4.78 is 5.15. The summed E-state index contributed by atoms with van der Waals surface area (Å²) in [6.07, 6.45) is 1.88. The van der Waals surface area contributed by atoms with Gasteiger partial charge in [-0.15, -0.1) is 0 Å². The summed E-state index contributed by atoms with van der Waals surface area (Å²) in [5, 5.41) is 8.96. The molecule has 1 saturated heterocycles. The molecule has 1 aliphatic rings. The van der Waals surface area contributed by atoms with Crippen molar-refractivity contribution in [1.29, 1.82) is 0 Å². The molecular formula is C7H14O2. The van der Waals surface area contributed by atoms with Crippen molar-refractivity contribution in [2.75, 3.05) is 13.2 Å². The maximum Gasteiger partial charge on any atom is 0.0515 e. The highest BCUT2D eigenvalue weighted by molar-refractivity contribution is 4.66. The van der Waals surface area contributed by atoms with E-state index in [4.69, 9.17) is 9.84 Å². The van der Waals surface area contributed by atoms with Crippen molar-refractivity contribution in [3.05, 3.63) is 0 Å². The van der Waals surface area contributed by atoms with Crippen molar-refractivity contribution in [2.24, 2.45) is 5.92 Å². The third kappa shape index (κ3) is 2.33. The monoisotopic (exact) mass is 130 g/mol. The summed E-state index contributed by atoms with van der Waals surface area (Å²) >= 11 is 0. The van der Waals surface area contributed by atoms with Gasteiger partial charge in [0.25, 0.3) is 0 Å². The highest BCUT2D eigenvalue weighted by atomic mass is 16.5. The van der Waals surface area contributed by atoms with Crippen LogP contribution in [0.4, 0.5) is 0 Å². The molecule has 0 amide bonds. The Labute approximate surface area is 55.8 Å². The minimum absolute atomic E-state index is 0.156. The van der Waals surface area contributed by atoms with Gasteiger partial charge in [-0.05, 0) is 25.7 Å². The summed E-state index contributed by atoms with van der Waals surface area (Å²) in [5.41, 5.74) is 0. The van der Waals surface area contributed by atoms with Crippen LogP contribution in [0.2, 0.25) is 0 Å². The lowest BCUT2D eigenvalue weighted by Crippen LogP contribution is -2.09. The van der Waals surface area contributed by atoms with E-state index in [0.29, 0.717) is 5.92 Å². The Morgan fingerprint density at radius 1 is 1.78 bits per heavy atom. The molecule has 1 fully saturated rings. The standard InChI is InChI=1S/C7H14O2/c1-6(8)4-7-2-3-9-5-7/h6-8H,2-5H2,1H3/t6-,7+/m0/s1. The van der Waals surface area contributed by atoms with Gasteiger partial charge in [-0.1, -0.05) is 0 Å². The SMILES string of the molecule is C[C@H](O)C[C@H]1CCOC1. The van der Waals surface area contributed by atoms with Gasteiger partial charge in [-0.3, -0.25) is 0 Å². The van der Waals surface area contributed by atoms with E-state index in [1.54, 1.807) is 0 Å². The van der Waals surface area contributed by atoms with E-state index in [1.807, 2.05) is 6.92 Å². The second kappa shape index (κ2) is 3.18. The van der Waals surface area contributed by atoms with E-state index in [-0.39, 0.29) is 6.10 Å². The Morgan fingerprint density at radius 3 is 3.00 bits per heavy atom. The van der Waals surface area contributed by atoms with Crippen molar-refractivity contribution >= 4 is 0 Å². The Hall–Kier alpha value is -0.0800. The molecule has 2 heteroatoms. The maximum absolute atomic E-state index is 8.96. The first kappa shape index (κ1) is 7.03. The predicted octanol–water partition coefficient (Wildman–Crippen LogP) is 0.794. The molecule has 0 aromatic heterocycles. The first-order valence-corrected chi connectivity index (χ1v) is 3.55. The molecule has 0 unspecified atom stereocenters. The van der Waals surface area contributed by atoms with Gasteiger partial charge in [0.2, 0.25) is 0 Å². The van der Waals surface area contributed by atoms with E-state index in [9.17, 15) is 0 Å². The van der Waals surface area contributed by atoms with Crippen molar-refractivity contribution in [2.45, 2.75) is 25.9 Å². The molecular weight excluding hydrogens is 116 g/mol. The van der Waals surface area contributed by atoms with E-state index < -0.39 is 0 Å². The molecule has 9 heavy (non-hydrogen) atoms. The molecule has 2 atom stereocenters. The summed E-state index contributed by atoms with van der Waals surface area (Å²) in [6, 6.07) is 0. The van der Waals surface area contributed by atoms with Gasteiger partial charge in [-0.25, -0.2) is 0 Å². The number of hydrogen-bond acceptors (Lipinski definition) is 2. The zero-order valence-electron chi connectivity index (χ0n) is 5.84. The molecule has 1 aliphatic heterocycles.